The van der Waals surface area contributed by atoms with Gasteiger partial charge in [-0.1, -0.05) is 135 Å². The van der Waals surface area contributed by atoms with Crippen molar-refractivity contribution in [3.8, 4) is 0 Å². The number of alkyl halides is 1. The smallest absolute Gasteiger partial charge is 0.300 e. The van der Waals surface area contributed by atoms with Gasteiger partial charge in [0.05, 0.1) is 39.1 Å². The SMILES string of the molecule is CC(C)COS(=O)(=O)C(F)C[C@H]1O[C@@H](OCc2ccccc2)[C@H](OCc2ccccc2)[C@@H](OCc2ccccc2)[C@@H]1OCc1ccccc1. The average Bonchev–Trinajstić information content (AvgIpc) is 3.13. The third-order valence-corrected chi connectivity index (χ3v) is 9.28. The molecule has 262 valence electrons. The molecule has 1 fully saturated rings. The van der Waals surface area contributed by atoms with E-state index in [9.17, 15) is 8.42 Å². The Hall–Kier alpha value is -3.48. The Bertz CT molecular complexity index is 1610. The molecule has 0 aliphatic carbocycles. The first-order valence-electron chi connectivity index (χ1n) is 16.6. The van der Waals surface area contributed by atoms with E-state index >= 15 is 4.39 Å². The van der Waals surface area contributed by atoms with Gasteiger partial charge in [-0.25, -0.2) is 4.39 Å². The van der Waals surface area contributed by atoms with E-state index in [0.717, 1.165) is 22.3 Å². The molecular formula is C39H45FO8S. The summed E-state index contributed by atoms with van der Waals surface area (Å²) in [5, 5.41) is 0. The highest BCUT2D eigenvalue weighted by Gasteiger charge is 2.50. The molecule has 1 heterocycles. The van der Waals surface area contributed by atoms with Crippen LogP contribution in [0, 0.1) is 5.92 Å². The summed E-state index contributed by atoms with van der Waals surface area (Å²) in [6.45, 7) is 4.16. The van der Waals surface area contributed by atoms with Crippen molar-refractivity contribution < 1.29 is 40.7 Å². The van der Waals surface area contributed by atoms with E-state index in [1.807, 2.05) is 121 Å². The van der Waals surface area contributed by atoms with Gasteiger partial charge >= 0.3 is 0 Å². The second-order valence-corrected chi connectivity index (χ2v) is 14.2. The fourth-order valence-corrected chi connectivity index (χ4v) is 6.46. The van der Waals surface area contributed by atoms with Crippen LogP contribution in [-0.2, 0) is 64.4 Å². The Morgan fingerprint density at radius 1 is 0.592 bits per heavy atom. The van der Waals surface area contributed by atoms with Gasteiger partial charge < -0.3 is 23.7 Å². The predicted molar refractivity (Wildman–Crippen MR) is 184 cm³/mol. The predicted octanol–water partition coefficient (Wildman–Crippen LogP) is 7.37. The molecule has 0 bridgehead atoms. The van der Waals surface area contributed by atoms with Gasteiger partial charge in [-0.3, -0.25) is 4.18 Å². The number of hydrogen-bond donors (Lipinski definition) is 0. The molecule has 0 saturated carbocycles. The quantitative estimate of drug-likeness (QED) is 0.1000. The van der Waals surface area contributed by atoms with E-state index in [-0.39, 0.29) is 39.0 Å². The molecule has 1 aliphatic heterocycles. The summed E-state index contributed by atoms with van der Waals surface area (Å²) in [6.07, 6.45) is -5.36. The zero-order valence-corrected chi connectivity index (χ0v) is 28.7. The van der Waals surface area contributed by atoms with Crippen LogP contribution in [0.4, 0.5) is 4.39 Å². The molecule has 4 aromatic rings. The van der Waals surface area contributed by atoms with Gasteiger partial charge in [0.25, 0.3) is 10.1 Å². The standard InChI is InChI=1S/C39H45FO8S/c1-29(2)24-47-49(41,42)35(40)23-34-36(43-25-30-15-7-3-8-16-30)37(44-26-31-17-9-4-10-18-31)38(45-27-32-19-11-5-12-20-32)39(48-34)46-28-33-21-13-6-14-22-33/h3-22,29,34-39H,23-28H2,1-2H3/t34-,35?,36-,37+,38-,39-/m1/s1. The largest absolute Gasteiger partial charge is 0.368 e. The van der Waals surface area contributed by atoms with Crippen molar-refractivity contribution in [2.24, 2.45) is 5.92 Å². The average molecular weight is 693 g/mol. The summed E-state index contributed by atoms with van der Waals surface area (Å²) >= 11 is 0. The molecule has 49 heavy (non-hydrogen) atoms. The maximum absolute atomic E-state index is 15.8. The summed E-state index contributed by atoms with van der Waals surface area (Å²) in [4.78, 5) is 0. The topological polar surface area (TPSA) is 89.5 Å². The molecule has 10 heteroatoms. The summed E-state index contributed by atoms with van der Waals surface area (Å²) in [6, 6.07) is 38.4. The molecule has 0 N–H and O–H groups in total. The number of halogens is 1. The van der Waals surface area contributed by atoms with Gasteiger partial charge in [-0.05, 0) is 28.2 Å². The van der Waals surface area contributed by atoms with Crippen molar-refractivity contribution in [3.63, 3.8) is 0 Å². The Balaban J connectivity index is 1.49. The molecule has 0 radical (unpaired) electrons. The molecule has 4 aromatic carbocycles. The van der Waals surface area contributed by atoms with Crippen molar-refractivity contribution in [1.29, 1.82) is 0 Å². The maximum atomic E-state index is 15.8. The van der Waals surface area contributed by atoms with Crippen LogP contribution < -0.4 is 0 Å². The van der Waals surface area contributed by atoms with Gasteiger partial charge in [0.2, 0.25) is 5.50 Å². The lowest BCUT2D eigenvalue weighted by Gasteiger charge is -2.46. The lowest BCUT2D eigenvalue weighted by molar-refractivity contribution is -0.327. The molecule has 1 aliphatic rings. The second-order valence-electron chi connectivity index (χ2n) is 12.4. The molecule has 1 saturated heterocycles. The van der Waals surface area contributed by atoms with E-state index < -0.39 is 52.7 Å². The summed E-state index contributed by atoms with van der Waals surface area (Å²) in [5.74, 6) is -0.107. The third kappa shape index (κ3) is 11.3. The van der Waals surface area contributed by atoms with E-state index in [4.69, 9.17) is 27.9 Å². The zero-order chi connectivity index (χ0) is 34.5. The molecule has 0 spiro atoms. The maximum Gasteiger partial charge on any atom is 0.300 e. The van der Waals surface area contributed by atoms with Gasteiger partial charge in [0, 0.05) is 6.42 Å². The minimum Gasteiger partial charge on any atom is -0.368 e. The van der Waals surface area contributed by atoms with Crippen molar-refractivity contribution in [3.05, 3.63) is 144 Å². The van der Waals surface area contributed by atoms with Crippen LogP contribution in [0.15, 0.2) is 121 Å². The highest BCUT2D eigenvalue weighted by molar-refractivity contribution is 7.87. The molecular weight excluding hydrogens is 647 g/mol. The lowest BCUT2D eigenvalue weighted by Crippen LogP contribution is -2.61. The van der Waals surface area contributed by atoms with Gasteiger partial charge in [0.15, 0.2) is 6.29 Å². The van der Waals surface area contributed by atoms with Crippen molar-refractivity contribution in [2.75, 3.05) is 6.61 Å². The second kappa shape index (κ2) is 18.5. The van der Waals surface area contributed by atoms with Crippen molar-refractivity contribution in [2.45, 2.75) is 82.9 Å². The van der Waals surface area contributed by atoms with Crippen LogP contribution in [0.1, 0.15) is 42.5 Å². The third-order valence-electron chi connectivity index (χ3n) is 8.00. The molecule has 5 rings (SSSR count). The van der Waals surface area contributed by atoms with E-state index in [0.29, 0.717) is 0 Å². The minimum absolute atomic E-state index is 0.107. The summed E-state index contributed by atoms with van der Waals surface area (Å²) in [5.41, 5.74) is 1.21. The normalized spacial score (nSPS) is 21.8. The number of hydrogen-bond acceptors (Lipinski definition) is 8. The van der Waals surface area contributed by atoms with E-state index in [1.54, 1.807) is 13.8 Å². The van der Waals surface area contributed by atoms with Gasteiger partial charge in [-0.15, -0.1) is 0 Å². The molecule has 1 unspecified atom stereocenters. The summed E-state index contributed by atoms with van der Waals surface area (Å²) in [7, 11) is -4.57. The Morgan fingerprint density at radius 2 is 0.980 bits per heavy atom. The number of ether oxygens (including phenoxy) is 5. The van der Waals surface area contributed by atoms with Crippen LogP contribution in [0.25, 0.3) is 0 Å². The van der Waals surface area contributed by atoms with Crippen molar-refractivity contribution >= 4 is 10.1 Å². The van der Waals surface area contributed by atoms with Crippen LogP contribution >= 0.6 is 0 Å². The van der Waals surface area contributed by atoms with Gasteiger partial charge in [-0.2, -0.15) is 8.42 Å². The number of benzene rings is 4. The number of rotatable bonds is 18. The first-order valence-corrected chi connectivity index (χ1v) is 18.1. The van der Waals surface area contributed by atoms with Crippen LogP contribution in [0.3, 0.4) is 0 Å². The van der Waals surface area contributed by atoms with Crippen LogP contribution in [0.5, 0.6) is 0 Å². The Kier molecular flexibility index (Phi) is 13.9. The minimum atomic E-state index is -4.57. The Morgan fingerprint density at radius 3 is 1.41 bits per heavy atom. The molecule has 0 aromatic heterocycles. The lowest BCUT2D eigenvalue weighted by atomic mass is 9.95. The van der Waals surface area contributed by atoms with Crippen LogP contribution in [-0.4, -0.2) is 51.2 Å². The van der Waals surface area contributed by atoms with Gasteiger partial charge in [0.1, 0.15) is 18.3 Å². The first-order chi connectivity index (χ1) is 23.8. The fraction of sp³-hybridized carbons (Fsp3) is 0.385. The fourth-order valence-electron chi connectivity index (χ4n) is 5.43. The van der Waals surface area contributed by atoms with E-state index in [2.05, 4.69) is 0 Å². The molecule has 6 atom stereocenters. The van der Waals surface area contributed by atoms with E-state index in [1.165, 1.54) is 0 Å². The van der Waals surface area contributed by atoms with Crippen LogP contribution in [0.2, 0.25) is 0 Å². The highest BCUT2D eigenvalue weighted by atomic mass is 32.2. The monoisotopic (exact) mass is 692 g/mol. The highest BCUT2D eigenvalue weighted by Crippen LogP contribution is 2.34. The Labute approximate surface area is 289 Å². The summed E-state index contributed by atoms with van der Waals surface area (Å²) < 4.78 is 79.2. The molecule has 8 nitrogen and oxygen atoms in total. The van der Waals surface area contributed by atoms with Crippen molar-refractivity contribution in [1.82, 2.24) is 0 Å². The molecule has 0 amide bonds. The zero-order valence-electron chi connectivity index (χ0n) is 27.9. The first kappa shape index (κ1) is 36.8.